The van der Waals surface area contributed by atoms with Gasteiger partial charge in [0.25, 0.3) is 5.91 Å². The summed E-state index contributed by atoms with van der Waals surface area (Å²) in [6.07, 6.45) is 0. The highest BCUT2D eigenvalue weighted by atomic mass is 79.9. The molecule has 5 nitrogen and oxygen atoms in total. The number of rotatable bonds is 3. The number of pyridine rings is 1. The summed E-state index contributed by atoms with van der Waals surface area (Å²) in [6.45, 7) is 1.82. The third-order valence-corrected chi connectivity index (χ3v) is 3.83. The molecule has 0 aliphatic carbocycles. The quantitative estimate of drug-likeness (QED) is 0.623. The van der Waals surface area contributed by atoms with Gasteiger partial charge in [-0.3, -0.25) is 14.5 Å². The van der Waals surface area contributed by atoms with Crippen molar-refractivity contribution in [3.05, 3.63) is 52.1 Å². The van der Waals surface area contributed by atoms with Crippen LogP contribution < -0.4 is 9.64 Å². The largest absolute Gasteiger partial charge is 0.480 e. The highest BCUT2D eigenvalue weighted by molar-refractivity contribution is 9.10. The van der Waals surface area contributed by atoms with Crippen LogP contribution in [-0.2, 0) is 4.79 Å². The normalized spacial score (nSPS) is 13.5. The Kier molecular flexibility index (Phi) is 3.94. The molecule has 0 atom stereocenters. The Bertz CT molecular complexity index is 744. The standard InChI is InChI=1S/C16H13BrN2O3/c1-10-2-4-11(5-3-10)12(20)8-19-15(21)9-22-13-6-7-14(17)18-16(13)19/h2-7H,8-9H2,1H3. The molecule has 0 spiro atoms. The Morgan fingerprint density at radius 1 is 1.27 bits per heavy atom. The summed E-state index contributed by atoms with van der Waals surface area (Å²) in [5.74, 6) is 0.451. The van der Waals surface area contributed by atoms with Crippen LogP contribution in [0.3, 0.4) is 0 Å². The Morgan fingerprint density at radius 3 is 2.73 bits per heavy atom. The second-order valence-electron chi connectivity index (χ2n) is 5.01. The van der Waals surface area contributed by atoms with E-state index in [0.29, 0.717) is 21.7 Å². The summed E-state index contributed by atoms with van der Waals surface area (Å²) in [7, 11) is 0. The third kappa shape index (κ3) is 2.87. The van der Waals surface area contributed by atoms with Crippen molar-refractivity contribution < 1.29 is 14.3 Å². The maximum Gasteiger partial charge on any atom is 0.266 e. The van der Waals surface area contributed by atoms with Crippen LogP contribution in [0.5, 0.6) is 5.75 Å². The van der Waals surface area contributed by atoms with Gasteiger partial charge >= 0.3 is 0 Å². The second-order valence-corrected chi connectivity index (χ2v) is 5.83. The van der Waals surface area contributed by atoms with Gasteiger partial charge < -0.3 is 4.74 Å². The molecule has 112 valence electrons. The topological polar surface area (TPSA) is 59.5 Å². The number of hydrogen-bond acceptors (Lipinski definition) is 4. The smallest absolute Gasteiger partial charge is 0.266 e. The van der Waals surface area contributed by atoms with Crippen molar-refractivity contribution in [1.29, 1.82) is 0 Å². The number of ketones is 1. The maximum absolute atomic E-state index is 12.4. The van der Waals surface area contributed by atoms with E-state index in [1.54, 1.807) is 24.3 Å². The lowest BCUT2D eigenvalue weighted by atomic mass is 10.1. The first-order valence-corrected chi connectivity index (χ1v) is 7.53. The van der Waals surface area contributed by atoms with Gasteiger partial charge in [-0.2, -0.15) is 0 Å². The Balaban J connectivity index is 1.88. The fraction of sp³-hybridized carbons (Fsp3) is 0.188. The van der Waals surface area contributed by atoms with Crippen molar-refractivity contribution >= 4 is 33.4 Å². The molecule has 0 saturated carbocycles. The Morgan fingerprint density at radius 2 is 2.00 bits per heavy atom. The van der Waals surface area contributed by atoms with Gasteiger partial charge in [0.05, 0.1) is 6.54 Å². The predicted molar refractivity (Wildman–Crippen MR) is 85.3 cm³/mol. The number of nitrogens with zero attached hydrogens (tertiary/aromatic N) is 2. The van der Waals surface area contributed by atoms with Crippen LogP contribution in [0, 0.1) is 6.92 Å². The molecule has 0 N–H and O–H groups in total. The Hall–Kier alpha value is -2.21. The van der Waals surface area contributed by atoms with Crippen LogP contribution in [-0.4, -0.2) is 29.8 Å². The minimum absolute atomic E-state index is 0.0539. The SMILES string of the molecule is Cc1ccc(C(=O)CN2C(=O)COc3ccc(Br)nc32)cc1. The van der Waals surface area contributed by atoms with Gasteiger partial charge in [-0.05, 0) is 35.0 Å². The van der Waals surface area contributed by atoms with Gasteiger partial charge in [-0.15, -0.1) is 0 Å². The minimum atomic E-state index is -0.279. The van der Waals surface area contributed by atoms with Gasteiger partial charge in [0.2, 0.25) is 0 Å². The first-order chi connectivity index (χ1) is 10.5. The number of carbonyl (C=O) groups is 2. The van der Waals surface area contributed by atoms with Crippen LogP contribution in [0.15, 0.2) is 41.0 Å². The van der Waals surface area contributed by atoms with E-state index in [2.05, 4.69) is 20.9 Å². The lowest BCUT2D eigenvalue weighted by molar-refractivity contribution is -0.121. The summed E-state index contributed by atoms with van der Waals surface area (Å²) in [6, 6.07) is 10.7. The summed E-state index contributed by atoms with van der Waals surface area (Å²) < 4.78 is 5.92. The zero-order valence-electron chi connectivity index (χ0n) is 11.9. The van der Waals surface area contributed by atoms with E-state index in [1.165, 1.54) is 4.90 Å². The number of amides is 1. The highest BCUT2D eigenvalue weighted by Crippen LogP contribution is 2.31. The predicted octanol–water partition coefficient (Wildman–Crippen LogP) is 2.76. The van der Waals surface area contributed by atoms with Crippen molar-refractivity contribution in [2.75, 3.05) is 18.1 Å². The molecule has 0 bridgehead atoms. The van der Waals surface area contributed by atoms with Gasteiger partial charge in [0, 0.05) is 5.56 Å². The number of benzene rings is 1. The van der Waals surface area contributed by atoms with Gasteiger partial charge in [0.15, 0.2) is 24.0 Å². The monoisotopic (exact) mass is 360 g/mol. The summed E-state index contributed by atoms with van der Waals surface area (Å²) in [5.41, 5.74) is 1.65. The number of aryl methyl sites for hydroxylation is 1. The van der Waals surface area contributed by atoms with Crippen molar-refractivity contribution in [2.45, 2.75) is 6.92 Å². The molecule has 1 aliphatic rings. The lowest BCUT2D eigenvalue weighted by Crippen LogP contribution is -2.42. The zero-order valence-corrected chi connectivity index (χ0v) is 13.5. The average molecular weight is 361 g/mol. The molecule has 2 aromatic rings. The third-order valence-electron chi connectivity index (χ3n) is 3.39. The summed E-state index contributed by atoms with van der Waals surface area (Å²) in [4.78, 5) is 30.1. The molecule has 0 fully saturated rings. The minimum Gasteiger partial charge on any atom is -0.480 e. The van der Waals surface area contributed by atoms with Gasteiger partial charge in [0.1, 0.15) is 4.60 Å². The molecule has 0 radical (unpaired) electrons. The second kappa shape index (κ2) is 5.88. The molecule has 3 rings (SSSR count). The number of aromatic nitrogens is 1. The van der Waals surface area contributed by atoms with E-state index in [0.717, 1.165) is 5.56 Å². The van der Waals surface area contributed by atoms with Crippen LogP contribution in [0.2, 0.25) is 0 Å². The van der Waals surface area contributed by atoms with Crippen LogP contribution in [0.1, 0.15) is 15.9 Å². The van der Waals surface area contributed by atoms with Crippen molar-refractivity contribution in [2.24, 2.45) is 0 Å². The fourth-order valence-electron chi connectivity index (χ4n) is 2.19. The molecular weight excluding hydrogens is 348 g/mol. The number of fused-ring (bicyclic) bond motifs is 1. The van der Waals surface area contributed by atoms with Crippen molar-refractivity contribution in [1.82, 2.24) is 4.98 Å². The van der Waals surface area contributed by atoms with E-state index in [4.69, 9.17) is 4.74 Å². The molecule has 1 amide bonds. The first-order valence-electron chi connectivity index (χ1n) is 6.74. The number of ether oxygens (including phenoxy) is 1. The van der Waals surface area contributed by atoms with Crippen molar-refractivity contribution in [3.63, 3.8) is 0 Å². The molecule has 0 unspecified atom stereocenters. The molecule has 1 aromatic heterocycles. The number of carbonyl (C=O) groups excluding carboxylic acids is 2. The van der Waals surface area contributed by atoms with Gasteiger partial charge in [-0.25, -0.2) is 4.98 Å². The van der Waals surface area contributed by atoms with Gasteiger partial charge in [-0.1, -0.05) is 29.8 Å². The maximum atomic E-state index is 12.4. The van der Waals surface area contributed by atoms with E-state index >= 15 is 0 Å². The number of hydrogen-bond donors (Lipinski definition) is 0. The molecule has 0 saturated heterocycles. The number of halogens is 1. The molecule has 1 aliphatic heterocycles. The highest BCUT2D eigenvalue weighted by Gasteiger charge is 2.29. The zero-order chi connectivity index (χ0) is 15.7. The van der Waals surface area contributed by atoms with E-state index in [-0.39, 0.29) is 24.8 Å². The van der Waals surface area contributed by atoms with E-state index < -0.39 is 0 Å². The lowest BCUT2D eigenvalue weighted by Gasteiger charge is -2.27. The summed E-state index contributed by atoms with van der Waals surface area (Å²) >= 11 is 3.27. The number of Topliss-reactive ketones (excluding diaryl/α,β-unsaturated/α-hetero) is 1. The molecule has 2 heterocycles. The molecule has 22 heavy (non-hydrogen) atoms. The Labute approximate surface area is 136 Å². The van der Waals surface area contributed by atoms with E-state index in [9.17, 15) is 9.59 Å². The first kappa shape index (κ1) is 14.7. The molecule has 6 heteroatoms. The van der Waals surface area contributed by atoms with E-state index in [1.807, 2.05) is 19.1 Å². The molecule has 1 aromatic carbocycles. The molecular formula is C16H13BrN2O3. The van der Waals surface area contributed by atoms with Crippen LogP contribution in [0.4, 0.5) is 5.82 Å². The fourth-order valence-corrected chi connectivity index (χ4v) is 2.49. The van der Waals surface area contributed by atoms with Crippen LogP contribution >= 0.6 is 15.9 Å². The average Bonchev–Trinajstić information content (AvgIpc) is 2.51. The van der Waals surface area contributed by atoms with Crippen LogP contribution in [0.25, 0.3) is 0 Å². The number of anilines is 1. The summed E-state index contributed by atoms with van der Waals surface area (Å²) in [5, 5.41) is 0. The van der Waals surface area contributed by atoms with Crippen molar-refractivity contribution in [3.8, 4) is 5.75 Å².